The van der Waals surface area contributed by atoms with Gasteiger partial charge in [0.25, 0.3) is 17.7 Å². The maximum atomic E-state index is 15.5. The number of hydrogen-bond acceptors (Lipinski definition) is 7. The van der Waals surface area contributed by atoms with Gasteiger partial charge >= 0.3 is 0 Å². The van der Waals surface area contributed by atoms with E-state index < -0.39 is 17.5 Å². The van der Waals surface area contributed by atoms with Gasteiger partial charge in [-0.3, -0.25) is 23.9 Å². The molecule has 2 aromatic heterocycles. The highest BCUT2D eigenvalue weighted by Gasteiger charge is 2.30. The molecule has 1 aliphatic rings. The molecular formula is C38H47ClF2N9O5+. The minimum atomic E-state index is -1.09. The lowest BCUT2D eigenvalue weighted by Gasteiger charge is -2.36. The summed E-state index contributed by atoms with van der Waals surface area (Å²) in [6.45, 7) is 6.87. The maximum Gasteiger partial charge on any atom is 0.291 e. The predicted octanol–water partition coefficient (Wildman–Crippen LogP) is 2.79. The second kappa shape index (κ2) is 18.0. The number of hydrogen-bond donors (Lipinski definition) is 3. The Morgan fingerprint density at radius 1 is 1.02 bits per heavy atom. The zero-order valence-corrected chi connectivity index (χ0v) is 32.4. The molecule has 294 valence electrons. The average molecular weight is 783 g/mol. The Morgan fingerprint density at radius 2 is 1.69 bits per heavy atom. The van der Waals surface area contributed by atoms with Crippen molar-refractivity contribution in [1.82, 2.24) is 29.1 Å². The van der Waals surface area contributed by atoms with E-state index in [4.69, 9.17) is 22.1 Å². The summed E-state index contributed by atoms with van der Waals surface area (Å²) >= 11 is 6.54. The molecule has 0 saturated carbocycles. The van der Waals surface area contributed by atoms with Gasteiger partial charge in [-0.05, 0) is 37.6 Å². The van der Waals surface area contributed by atoms with Crippen molar-refractivity contribution in [1.29, 1.82) is 0 Å². The third-order valence-electron chi connectivity index (χ3n) is 10.0. The lowest BCUT2D eigenvalue weighted by Crippen LogP contribution is -3.10. The number of nitrogens with zero attached hydrogens (tertiary/aromatic N) is 6. The van der Waals surface area contributed by atoms with Gasteiger partial charge in [-0.1, -0.05) is 24.6 Å². The second-order valence-corrected chi connectivity index (χ2v) is 14.1. The highest BCUT2D eigenvalue weighted by molar-refractivity contribution is 6.34. The van der Waals surface area contributed by atoms with Crippen LogP contribution in [0.15, 0.2) is 42.7 Å². The van der Waals surface area contributed by atoms with Crippen molar-refractivity contribution in [2.45, 2.75) is 33.2 Å². The molecule has 4 N–H and O–H groups in total. The minimum Gasteiger partial charge on any atom is -0.383 e. The van der Waals surface area contributed by atoms with E-state index in [2.05, 4.69) is 15.4 Å². The average Bonchev–Trinajstić information content (AvgIpc) is 3.72. The first-order valence-electron chi connectivity index (χ1n) is 18.1. The molecule has 0 spiro atoms. The molecule has 0 aliphatic carbocycles. The molecule has 5 rings (SSSR count). The molecule has 4 aromatic rings. The number of rotatable bonds is 15. The SMILES string of the molecule is CCC(CC[NH+](C)CC(N)=O)C(=O)N1CCN(C(=O)c2ccc(NC(=O)c3ncc(-c4ccc(-c5cnn(CCOC)c5C)c(F)c4F)n3C)cc2Cl)CC1. The van der Waals surface area contributed by atoms with Crippen LogP contribution >= 0.6 is 11.6 Å². The summed E-state index contributed by atoms with van der Waals surface area (Å²) in [5.74, 6) is -3.69. The molecule has 2 aromatic carbocycles. The zero-order chi connectivity index (χ0) is 40.0. The van der Waals surface area contributed by atoms with Gasteiger partial charge in [0.1, 0.15) is 0 Å². The van der Waals surface area contributed by atoms with Gasteiger partial charge in [0.15, 0.2) is 24.0 Å². The van der Waals surface area contributed by atoms with E-state index in [9.17, 15) is 19.2 Å². The van der Waals surface area contributed by atoms with Crippen LogP contribution in [-0.4, -0.2) is 113 Å². The highest BCUT2D eigenvalue weighted by Crippen LogP contribution is 2.33. The fourth-order valence-electron chi connectivity index (χ4n) is 6.76. The fourth-order valence-corrected chi connectivity index (χ4v) is 7.02. The van der Waals surface area contributed by atoms with E-state index in [1.165, 1.54) is 54.3 Å². The number of anilines is 1. The lowest BCUT2D eigenvalue weighted by molar-refractivity contribution is -0.871. The highest BCUT2D eigenvalue weighted by atomic mass is 35.5. The first-order chi connectivity index (χ1) is 26.2. The molecule has 1 saturated heterocycles. The second-order valence-electron chi connectivity index (χ2n) is 13.7. The van der Waals surface area contributed by atoms with Gasteiger partial charge < -0.3 is 35.1 Å². The molecule has 17 heteroatoms. The summed E-state index contributed by atoms with van der Waals surface area (Å²) in [5, 5.41) is 7.08. The number of nitrogens with two attached hydrogens (primary N) is 1. The number of ether oxygens (including phenoxy) is 1. The number of nitrogens with one attached hydrogen (secondary N) is 2. The van der Waals surface area contributed by atoms with Crippen LogP contribution in [0, 0.1) is 24.5 Å². The minimum absolute atomic E-state index is 0.0307. The fraction of sp³-hybridized carbons (Fsp3) is 0.421. The number of halogens is 3. The number of imidazole rings is 1. The number of piperazine rings is 1. The number of primary amides is 1. The van der Waals surface area contributed by atoms with Crippen molar-refractivity contribution in [3.05, 3.63) is 76.5 Å². The van der Waals surface area contributed by atoms with Crippen molar-refractivity contribution in [3.63, 3.8) is 0 Å². The van der Waals surface area contributed by atoms with Gasteiger partial charge in [0.05, 0.1) is 55.4 Å². The van der Waals surface area contributed by atoms with Crippen molar-refractivity contribution >= 4 is 40.9 Å². The van der Waals surface area contributed by atoms with Crippen LogP contribution in [0.25, 0.3) is 22.4 Å². The zero-order valence-electron chi connectivity index (χ0n) is 31.6. The molecule has 0 bridgehead atoms. The first-order valence-corrected chi connectivity index (χ1v) is 18.4. The Balaban J connectivity index is 1.20. The van der Waals surface area contributed by atoms with Gasteiger partial charge in [0.2, 0.25) is 5.91 Å². The molecule has 14 nitrogen and oxygen atoms in total. The molecule has 4 amide bonds. The standard InChI is InChI=1S/C38H46ClF2N9O5/c1-6-24(11-12-46(3)22-32(42)51)37(53)48-13-15-49(16-14-48)38(54)27-8-7-25(19-30(27)39)45-36(52)35-43-21-31(47(35)4)28-10-9-26(33(40)34(28)41)29-20-44-50(23(29)2)17-18-55-5/h7-10,19-21,24H,6,11-18,22H2,1-5H3,(H2,42,51)(H,45,52)/p+1. The number of aromatic nitrogens is 4. The Labute approximate surface area is 323 Å². The molecule has 2 unspecified atom stereocenters. The van der Waals surface area contributed by atoms with E-state index in [-0.39, 0.29) is 63.4 Å². The van der Waals surface area contributed by atoms with Crippen LogP contribution in [0.5, 0.6) is 0 Å². The molecule has 55 heavy (non-hydrogen) atoms. The Kier molecular flexibility index (Phi) is 13.4. The summed E-state index contributed by atoms with van der Waals surface area (Å²) < 4.78 is 39.1. The molecular weight excluding hydrogens is 736 g/mol. The number of amides is 4. The Bertz CT molecular complexity index is 2060. The van der Waals surface area contributed by atoms with Crippen molar-refractivity contribution in [2.24, 2.45) is 18.7 Å². The molecule has 1 aliphatic heterocycles. The van der Waals surface area contributed by atoms with Crippen LogP contribution in [0.1, 0.15) is 46.4 Å². The number of likely N-dealkylation sites (N-methyl/N-ethyl adjacent to an activating group) is 1. The lowest BCUT2D eigenvalue weighted by atomic mass is 9.99. The normalized spacial score (nSPS) is 14.2. The Hall–Kier alpha value is -5.19. The third kappa shape index (κ3) is 9.20. The number of benzene rings is 2. The van der Waals surface area contributed by atoms with Gasteiger partial charge in [0, 0.05) is 80.7 Å². The van der Waals surface area contributed by atoms with Crippen LogP contribution in [0.2, 0.25) is 5.02 Å². The monoisotopic (exact) mass is 782 g/mol. The van der Waals surface area contributed by atoms with E-state index in [1.54, 1.807) is 28.5 Å². The van der Waals surface area contributed by atoms with Gasteiger partial charge in [-0.25, -0.2) is 13.8 Å². The van der Waals surface area contributed by atoms with Crippen LogP contribution in [-0.2, 0) is 27.9 Å². The molecule has 2 atom stereocenters. The maximum absolute atomic E-state index is 15.5. The molecule has 0 radical (unpaired) electrons. The van der Waals surface area contributed by atoms with Crippen LogP contribution in [0.4, 0.5) is 14.5 Å². The van der Waals surface area contributed by atoms with E-state index in [1.807, 2.05) is 14.0 Å². The van der Waals surface area contributed by atoms with Gasteiger partial charge in [-0.15, -0.1) is 0 Å². The topological polar surface area (TPSA) is 162 Å². The van der Waals surface area contributed by atoms with Gasteiger partial charge in [-0.2, -0.15) is 5.10 Å². The van der Waals surface area contributed by atoms with Crippen LogP contribution < -0.4 is 16.0 Å². The number of carbonyl (C=O) groups excluding carboxylic acids is 4. The van der Waals surface area contributed by atoms with E-state index in [0.717, 1.165) is 4.90 Å². The van der Waals surface area contributed by atoms with Crippen molar-refractivity contribution < 1.29 is 37.6 Å². The Morgan fingerprint density at radius 3 is 2.35 bits per heavy atom. The molecule has 3 heterocycles. The summed E-state index contributed by atoms with van der Waals surface area (Å²) in [6, 6.07) is 7.41. The summed E-state index contributed by atoms with van der Waals surface area (Å²) in [7, 11) is 4.95. The van der Waals surface area contributed by atoms with E-state index >= 15 is 8.78 Å². The first kappa shape index (κ1) is 41.0. The van der Waals surface area contributed by atoms with Crippen LogP contribution in [0.3, 0.4) is 0 Å². The smallest absolute Gasteiger partial charge is 0.291 e. The predicted molar refractivity (Wildman–Crippen MR) is 202 cm³/mol. The summed E-state index contributed by atoms with van der Waals surface area (Å²) in [4.78, 5) is 59.7. The van der Waals surface area contributed by atoms with Crippen molar-refractivity contribution in [3.8, 4) is 22.4 Å². The quantitative estimate of drug-likeness (QED) is 0.167. The largest absolute Gasteiger partial charge is 0.383 e. The van der Waals surface area contributed by atoms with Crippen molar-refractivity contribution in [2.75, 3.05) is 65.3 Å². The number of methoxy groups -OCH3 is 1. The summed E-state index contributed by atoms with van der Waals surface area (Å²) in [6.07, 6.45) is 4.07. The number of carbonyl (C=O) groups is 4. The summed E-state index contributed by atoms with van der Waals surface area (Å²) in [5.41, 5.74) is 7.09. The van der Waals surface area contributed by atoms with E-state index in [0.29, 0.717) is 75.7 Å². The molecule has 1 fully saturated rings. The number of quaternary nitrogens is 1. The third-order valence-corrected chi connectivity index (χ3v) is 10.3.